The van der Waals surface area contributed by atoms with Crippen LogP contribution in [-0.4, -0.2) is 17.3 Å². The van der Waals surface area contributed by atoms with Crippen LogP contribution in [0.15, 0.2) is 17.1 Å². The Bertz CT molecular complexity index is 569. The fourth-order valence-electron chi connectivity index (χ4n) is 1.20. The highest BCUT2D eigenvalue weighted by atomic mass is 32.2. The molecule has 2 N–H and O–H groups in total. The Kier molecular flexibility index (Phi) is 5.26. The van der Waals surface area contributed by atoms with E-state index in [0.29, 0.717) is 0 Å². The van der Waals surface area contributed by atoms with Crippen LogP contribution in [0.3, 0.4) is 0 Å². The van der Waals surface area contributed by atoms with Crippen LogP contribution in [0.25, 0.3) is 0 Å². The van der Waals surface area contributed by atoms with Gasteiger partial charge in [0.05, 0.1) is 0 Å². The van der Waals surface area contributed by atoms with E-state index >= 15 is 0 Å². The number of anilines is 1. The van der Waals surface area contributed by atoms with Gasteiger partial charge in [-0.2, -0.15) is 5.26 Å². The van der Waals surface area contributed by atoms with Crippen molar-refractivity contribution in [2.24, 2.45) is 4.99 Å². The Hall–Kier alpha value is -2.14. The number of rotatable bonds is 2. The molecule has 8 heteroatoms. The van der Waals surface area contributed by atoms with Crippen LogP contribution in [0, 0.1) is 23.1 Å². The predicted molar refractivity (Wildman–Crippen MR) is 70.0 cm³/mol. The summed E-state index contributed by atoms with van der Waals surface area (Å²) in [4.78, 5) is 14.7. The first-order chi connectivity index (χ1) is 8.99. The molecule has 0 unspecified atom stereocenters. The van der Waals surface area contributed by atoms with Crippen molar-refractivity contribution < 1.29 is 13.6 Å². The second-order valence-corrected chi connectivity index (χ2v) is 4.09. The summed E-state index contributed by atoms with van der Waals surface area (Å²) in [5.74, 6) is -2.49. The van der Waals surface area contributed by atoms with Crippen LogP contribution >= 0.6 is 11.8 Å². The van der Waals surface area contributed by atoms with Gasteiger partial charge in [0, 0.05) is 6.92 Å². The lowest BCUT2D eigenvalue weighted by atomic mass is 10.2. The number of nitrogens with one attached hydrogen (secondary N) is 2. The number of nitriles is 1. The number of aliphatic imine (C=N–C) groups is 1. The van der Waals surface area contributed by atoms with Crippen molar-refractivity contribution in [3.8, 4) is 6.19 Å². The van der Waals surface area contributed by atoms with Gasteiger partial charge in [0.2, 0.25) is 5.91 Å². The topological polar surface area (TPSA) is 77.3 Å². The maximum absolute atomic E-state index is 13.9. The number of halogens is 2. The Morgan fingerprint density at radius 1 is 1.47 bits per heavy atom. The molecule has 0 atom stereocenters. The molecule has 0 bridgehead atoms. The minimum atomic E-state index is -0.999. The van der Waals surface area contributed by atoms with Crippen molar-refractivity contribution in [3.63, 3.8) is 0 Å². The van der Waals surface area contributed by atoms with Crippen LogP contribution in [-0.2, 0) is 4.79 Å². The van der Waals surface area contributed by atoms with Crippen LogP contribution in [0.5, 0.6) is 0 Å². The second-order valence-electron chi connectivity index (χ2n) is 3.29. The number of carbonyl (C=O) groups is 1. The third kappa shape index (κ3) is 3.93. The average Bonchev–Trinajstić information content (AvgIpc) is 2.36. The Morgan fingerprint density at radius 3 is 2.68 bits per heavy atom. The monoisotopic (exact) mass is 284 g/mol. The van der Waals surface area contributed by atoms with Crippen LogP contribution in [0.2, 0.25) is 0 Å². The highest BCUT2D eigenvalue weighted by Gasteiger charge is 2.15. The van der Waals surface area contributed by atoms with E-state index in [-0.39, 0.29) is 10.9 Å². The number of carbonyl (C=O) groups excluding carboxylic acids is 1. The maximum atomic E-state index is 13.9. The molecule has 1 amide bonds. The van der Waals surface area contributed by atoms with Crippen LogP contribution < -0.4 is 10.6 Å². The fourth-order valence-corrected chi connectivity index (χ4v) is 1.54. The summed E-state index contributed by atoms with van der Waals surface area (Å²) in [6, 6.07) is 2.10. The van der Waals surface area contributed by atoms with E-state index in [9.17, 15) is 13.6 Å². The number of amides is 1. The minimum Gasteiger partial charge on any atom is -0.321 e. The molecule has 1 rings (SSSR count). The molecule has 1 aromatic rings. The van der Waals surface area contributed by atoms with Gasteiger partial charge in [-0.05, 0) is 18.4 Å². The molecule has 0 radical (unpaired) electrons. The van der Waals surface area contributed by atoms with Gasteiger partial charge in [-0.25, -0.2) is 13.8 Å². The van der Waals surface area contributed by atoms with E-state index < -0.39 is 23.2 Å². The summed E-state index contributed by atoms with van der Waals surface area (Å²) in [5, 5.41) is 12.9. The lowest BCUT2D eigenvalue weighted by molar-refractivity contribution is -0.114. The molecule has 5 nitrogen and oxygen atoms in total. The quantitative estimate of drug-likeness (QED) is 0.378. The predicted octanol–water partition coefficient (Wildman–Crippen LogP) is 2.34. The zero-order valence-corrected chi connectivity index (χ0v) is 10.9. The van der Waals surface area contributed by atoms with Crippen molar-refractivity contribution in [3.05, 3.63) is 23.8 Å². The van der Waals surface area contributed by atoms with Gasteiger partial charge in [0.15, 0.2) is 17.2 Å². The lowest BCUT2D eigenvalue weighted by Gasteiger charge is -2.08. The SMILES string of the molecule is CSC(=Nc1ccc(F)c(NC(C)=O)c1F)NC#N. The molecule has 0 aliphatic heterocycles. The Labute approximate surface area is 112 Å². The summed E-state index contributed by atoms with van der Waals surface area (Å²) in [7, 11) is 0. The van der Waals surface area contributed by atoms with Gasteiger partial charge in [0.25, 0.3) is 0 Å². The van der Waals surface area contributed by atoms with Gasteiger partial charge < -0.3 is 5.32 Å². The largest absolute Gasteiger partial charge is 0.321 e. The molecule has 0 spiro atoms. The van der Waals surface area contributed by atoms with E-state index in [1.165, 1.54) is 0 Å². The van der Waals surface area contributed by atoms with Crippen molar-refractivity contribution in [2.75, 3.05) is 11.6 Å². The molecular weight excluding hydrogens is 274 g/mol. The van der Waals surface area contributed by atoms with Crippen molar-refractivity contribution >= 4 is 34.2 Å². The molecule has 0 aromatic heterocycles. The van der Waals surface area contributed by atoms with Gasteiger partial charge in [-0.1, -0.05) is 11.8 Å². The highest BCUT2D eigenvalue weighted by molar-refractivity contribution is 8.13. The Morgan fingerprint density at radius 2 is 2.16 bits per heavy atom. The Balaban J connectivity index is 3.24. The zero-order chi connectivity index (χ0) is 14.4. The standard InChI is InChI=1S/C11H10F2N4OS/c1-6(18)16-10-7(12)3-4-8(9(10)13)17-11(19-2)15-5-14/h3-4H,1-2H3,(H,15,17)(H,16,18). The number of nitrogens with zero attached hydrogens (tertiary/aromatic N) is 2. The average molecular weight is 284 g/mol. The van der Waals surface area contributed by atoms with Gasteiger partial charge in [-0.3, -0.25) is 10.1 Å². The number of amidine groups is 1. The number of hydrogen-bond acceptors (Lipinski definition) is 4. The third-order valence-corrected chi connectivity index (χ3v) is 2.53. The highest BCUT2D eigenvalue weighted by Crippen LogP contribution is 2.28. The molecule has 0 heterocycles. The molecule has 0 saturated carbocycles. The number of benzene rings is 1. The van der Waals surface area contributed by atoms with Crippen molar-refractivity contribution in [2.45, 2.75) is 6.92 Å². The lowest BCUT2D eigenvalue weighted by Crippen LogP contribution is -2.13. The molecule has 0 aliphatic carbocycles. The van der Waals surface area contributed by atoms with Gasteiger partial charge >= 0.3 is 0 Å². The van der Waals surface area contributed by atoms with Crippen molar-refractivity contribution in [1.29, 1.82) is 5.26 Å². The maximum Gasteiger partial charge on any atom is 0.221 e. The van der Waals surface area contributed by atoms with E-state index in [4.69, 9.17) is 5.26 Å². The first-order valence-electron chi connectivity index (χ1n) is 5.03. The summed E-state index contributed by atoms with van der Waals surface area (Å²) < 4.78 is 27.3. The van der Waals surface area contributed by atoms with Crippen molar-refractivity contribution in [1.82, 2.24) is 5.32 Å². The minimum absolute atomic E-state index is 0.154. The molecule has 1 aromatic carbocycles. The van der Waals surface area contributed by atoms with Crippen LogP contribution in [0.4, 0.5) is 20.2 Å². The zero-order valence-electron chi connectivity index (χ0n) is 10.1. The van der Waals surface area contributed by atoms with Gasteiger partial charge in [-0.15, -0.1) is 0 Å². The molecule has 0 fully saturated rings. The summed E-state index contributed by atoms with van der Waals surface area (Å²) in [6.45, 7) is 1.14. The van der Waals surface area contributed by atoms with E-state index in [1.807, 2.05) is 0 Å². The number of hydrogen-bond donors (Lipinski definition) is 2. The third-order valence-electron chi connectivity index (χ3n) is 1.95. The summed E-state index contributed by atoms with van der Waals surface area (Å²) in [5.41, 5.74) is -0.747. The first kappa shape index (κ1) is 14.9. The van der Waals surface area contributed by atoms with E-state index in [0.717, 1.165) is 30.8 Å². The molecular formula is C11H10F2N4OS. The van der Waals surface area contributed by atoms with E-state index in [1.54, 1.807) is 12.4 Å². The first-order valence-corrected chi connectivity index (χ1v) is 6.25. The molecule has 19 heavy (non-hydrogen) atoms. The van der Waals surface area contributed by atoms with E-state index in [2.05, 4.69) is 15.6 Å². The molecule has 0 aliphatic rings. The van der Waals surface area contributed by atoms with Gasteiger partial charge in [0.1, 0.15) is 17.2 Å². The number of thioether (sulfide) groups is 1. The summed E-state index contributed by atoms with van der Waals surface area (Å²) >= 11 is 1.09. The molecule has 100 valence electrons. The fraction of sp³-hybridized carbons (Fsp3) is 0.182. The molecule has 0 saturated heterocycles. The van der Waals surface area contributed by atoms with Crippen LogP contribution in [0.1, 0.15) is 6.92 Å². The second kappa shape index (κ2) is 6.70. The smallest absolute Gasteiger partial charge is 0.221 e. The summed E-state index contributed by atoms with van der Waals surface area (Å²) in [6.07, 6.45) is 3.29. The normalized spacial score (nSPS) is 10.8.